The molecule has 1 aromatic carbocycles. The Morgan fingerprint density at radius 1 is 1.05 bits per heavy atom. The number of benzene rings is 1. The largest absolute Gasteiger partial charge is 0.326 e. The van der Waals surface area contributed by atoms with Gasteiger partial charge in [0.25, 0.3) is 11.1 Å². The van der Waals surface area contributed by atoms with Crippen LogP contribution < -0.4 is 11.1 Å². The Hall–Kier alpha value is -2.41. The van der Waals surface area contributed by atoms with Gasteiger partial charge in [-0.25, -0.2) is 0 Å². The van der Waals surface area contributed by atoms with Crippen molar-refractivity contribution in [3.8, 4) is 0 Å². The molecule has 7 heteroatoms. The molecule has 0 unspecified atom stereocenters. The summed E-state index contributed by atoms with van der Waals surface area (Å²) in [6.45, 7) is 0.437. The molecule has 3 aromatic rings. The first-order valence-electron chi connectivity index (χ1n) is 5.64. The van der Waals surface area contributed by atoms with Gasteiger partial charge in [-0.15, -0.1) is 0 Å². The number of aromatic nitrogens is 4. The molecule has 3 rings (SSSR count). The van der Waals surface area contributed by atoms with Crippen LogP contribution in [0.2, 0.25) is 0 Å². The highest BCUT2D eigenvalue weighted by Gasteiger charge is 2.11. The van der Waals surface area contributed by atoms with Crippen molar-refractivity contribution in [2.75, 3.05) is 0 Å². The van der Waals surface area contributed by atoms with Crippen LogP contribution in [-0.2, 0) is 6.54 Å². The molecule has 2 heterocycles. The van der Waals surface area contributed by atoms with E-state index < -0.39 is 5.56 Å². The topological polar surface area (TPSA) is 86.4 Å². The van der Waals surface area contributed by atoms with Gasteiger partial charge in [0.1, 0.15) is 11.0 Å². The molecule has 0 amide bonds. The molecule has 0 radical (unpaired) electrons. The summed E-state index contributed by atoms with van der Waals surface area (Å²) in [5.41, 5.74) is 0.687. The highest BCUT2D eigenvalue weighted by molar-refractivity contribution is 7.71. The fourth-order valence-corrected chi connectivity index (χ4v) is 2.28. The fourth-order valence-electron chi connectivity index (χ4n) is 2.02. The Labute approximate surface area is 111 Å². The summed E-state index contributed by atoms with van der Waals surface area (Å²) in [7, 11) is 0. The number of nitrogens with zero attached hydrogens (tertiary/aromatic N) is 1. The monoisotopic (exact) mass is 274 g/mol. The van der Waals surface area contributed by atoms with Gasteiger partial charge in [-0.1, -0.05) is 30.3 Å². The molecule has 0 aliphatic rings. The second-order valence-electron chi connectivity index (χ2n) is 4.13. The Bertz CT molecular complexity index is 901. The fraction of sp³-hybridized carbons (Fsp3) is 0.0833. The molecule has 0 bridgehead atoms. The first-order chi connectivity index (χ1) is 9.16. The zero-order valence-electron chi connectivity index (χ0n) is 9.77. The van der Waals surface area contributed by atoms with E-state index in [0.717, 1.165) is 5.56 Å². The second-order valence-corrected chi connectivity index (χ2v) is 4.52. The molecule has 3 N–H and O–H groups in total. The van der Waals surface area contributed by atoms with E-state index in [2.05, 4.69) is 15.2 Å². The van der Waals surface area contributed by atoms with Crippen LogP contribution in [0.3, 0.4) is 0 Å². The van der Waals surface area contributed by atoms with Crippen LogP contribution in [0.25, 0.3) is 11.0 Å². The van der Waals surface area contributed by atoms with Gasteiger partial charge in [-0.2, -0.15) is 0 Å². The lowest BCUT2D eigenvalue weighted by Crippen LogP contribution is -2.20. The number of aromatic amines is 3. The molecule has 0 spiro atoms. The highest BCUT2D eigenvalue weighted by Crippen LogP contribution is 2.09. The van der Waals surface area contributed by atoms with Crippen molar-refractivity contribution in [3.05, 3.63) is 61.4 Å². The van der Waals surface area contributed by atoms with E-state index in [9.17, 15) is 9.59 Å². The minimum absolute atomic E-state index is 0.199. The maximum Gasteiger partial charge on any atom is 0.288 e. The first kappa shape index (κ1) is 11.7. The van der Waals surface area contributed by atoms with Crippen LogP contribution in [-0.4, -0.2) is 19.7 Å². The molecule has 0 saturated heterocycles. The minimum Gasteiger partial charge on any atom is -0.326 e. The SMILES string of the molecule is O=c1[nH][nH]c(=O)c2c1[nH]c(=S)n2Cc1ccccc1. The molecular weight excluding hydrogens is 264 g/mol. The molecule has 19 heavy (non-hydrogen) atoms. The third-order valence-electron chi connectivity index (χ3n) is 2.90. The van der Waals surface area contributed by atoms with Crippen molar-refractivity contribution in [3.63, 3.8) is 0 Å². The number of rotatable bonds is 2. The Morgan fingerprint density at radius 3 is 2.47 bits per heavy atom. The summed E-state index contributed by atoms with van der Waals surface area (Å²) in [5, 5.41) is 4.56. The summed E-state index contributed by atoms with van der Waals surface area (Å²) in [4.78, 5) is 26.2. The van der Waals surface area contributed by atoms with Crippen LogP contribution in [0.15, 0.2) is 39.9 Å². The summed E-state index contributed by atoms with van der Waals surface area (Å²) in [6.07, 6.45) is 0. The first-order valence-corrected chi connectivity index (χ1v) is 6.05. The third kappa shape index (κ3) is 1.93. The molecule has 0 fully saturated rings. The maximum atomic E-state index is 11.8. The van der Waals surface area contributed by atoms with Gasteiger partial charge < -0.3 is 9.55 Å². The summed E-state index contributed by atoms with van der Waals surface area (Å²) < 4.78 is 1.97. The molecule has 2 aromatic heterocycles. The van der Waals surface area contributed by atoms with E-state index in [0.29, 0.717) is 11.3 Å². The third-order valence-corrected chi connectivity index (χ3v) is 3.22. The number of nitrogens with one attached hydrogen (secondary N) is 3. The highest BCUT2D eigenvalue weighted by atomic mass is 32.1. The number of H-pyrrole nitrogens is 3. The van der Waals surface area contributed by atoms with Gasteiger partial charge in [-0.3, -0.25) is 19.8 Å². The number of hydrogen-bond donors (Lipinski definition) is 3. The van der Waals surface area contributed by atoms with Crippen molar-refractivity contribution in [2.24, 2.45) is 0 Å². The minimum atomic E-state index is -0.396. The smallest absolute Gasteiger partial charge is 0.288 e. The van der Waals surface area contributed by atoms with E-state index in [1.54, 1.807) is 4.57 Å². The van der Waals surface area contributed by atoms with Crippen LogP contribution in [0.1, 0.15) is 5.56 Å². The Morgan fingerprint density at radius 2 is 1.74 bits per heavy atom. The molecule has 0 aliphatic carbocycles. The van der Waals surface area contributed by atoms with Crippen LogP contribution >= 0.6 is 12.2 Å². The number of imidazole rings is 1. The normalized spacial score (nSPS) is 10.9. The number of hydrogen-bond acceptors (Lipinski definition) is 3. The predicted octanol–water partition coefficient (Wildman–Crippen LogP) is 1.12. The lowest BCUT2D eigenvalue weighted by molar-refractivity contribution is 0.803. The zero-order valence-corrected chi connectivity index (χ0v) is 10.6. The lowest BCUT2D eigenvalue weighted by atomic mass is 10.2. The predicted molar refractivity (Wildman–Crippen MR) is 73.9 cm³/mol. The molecule has 0 aliphatic heterocycles. The number of fused-ring (bicyclic) bond motifs is 1. The van der Waals surface area contributed by atoms with E-state index in [1.807, 2.05) is 30.3 Å². The molecule has 0 atom stereocenters. The van der Waals surface area contributed by atoms with Gasteiger partial charge in [0, 0.05) is 0 Å². The van der Waals surface area contributed by atoms with Crippen molar-refractivity contribution >= 4 is 23.3 Å². The van der Waals surface area contributed by atoms with Crippen molar-refractivity contribution in [2.45, 2.75) is 6.54 Å². The molecule has 96 valence electrons. The van der Waals surface area contributed by atoms with E-state index >= 15 is 0 Å². The van der Waals surface area contributed by atoms with Crippen molar-refractivity contribution in [1.82, 2.24) is 19.7 Å². The van der Waals surface area contributed by atoms with Gasteiger partial charge >= 0.3 is 0 Å². The summed E-state index contributed by atoms with van der Waals surface area (Å²) in [5.74, 6) is 0. The van der Waals surface area contributed by atoms with Gasteiger partial charge in [-0.05, 0) is 17.8 Å². The Kier molecular flexibility index (Phi) is 2.68. The van der Waals surface area contributed by atoms with Crippen LogP contribution in [0.5, 0.6) is 0 Å². The van der Waals surface area contributed by atoms with Crippen molar-refractivity contribution < 1.29 is 0 Å². The quantitative estimate of drug-likeness (QED) is 0.612. The van der Waals surface area contributed by atoms with Gasteiger partial charge in [0.05, 0.1) is 6.54 Å². The maximum absolute atomic E-state index is 11.8. The molecule has 6 nitrogen and oxygen atoms in total. The summed E-state index contributed by atoms with van der Waals surface area (Å²) in [6, 6.07) is 9.59. The average Bonchev–Trinajstić information content (AvgIpc) is 2.74. The standard InChI is InChI=1S/C12H10N4O2S/c17-10-8-9(11(18)15-14-10)16(12(19)13-8)6-7-4-2-1-3-5-7/h1-5H,6H2,(H,13,19)(H,14,17)(H,15,18). The van der Waals surface area contributed by atoms with E-state index in [-0.39, 0.29) is 16.6 Å². The zero-order chi connectivity index (χ0) is 13.4. The molecule has 0 saturated carbocycles. The van der Waals surface area contributed by atoms with Crippen LogP contribution in [0, 0.1) is 4.77 Å². The van der Waals surface area contributed by atoms with Crippen LogP contribution in [0.4, 0.5) is 0 Å². The van der Waals surface area contributed by atoms with E-state index in [1.165, 1.54) is 0 Å². The molecular formula is C12H10N4O2S. The van der Waals surface area contributed by atoms with Gasteiger partial charge in [0.2, 0.25) is 0 Å². The van der Waals surface area contributed by atoms with E-state index in [4.69, 9.17) is 12.2 Å². The van der Waals surface area contributed by atoms with Crippen molar-refractivity contribution in [1.29, 1.82) is 0 Å². The lowest BCUT2D eigenvalue weighted by Gasteiger charge is -2.03. The summed E-state index contributed by atoms with van der Waals surface area (Å²) >= 11 is 5.17. The van der Waals surface area contributed by atoms with Gasteiger partial charge in [0.15, 0.2) is 4.77 Å². The average molecular weight is 274 g/mol. The Balaban J connectivity index is 2.28. The second kappa shape index (κ2) is 4.36.